The van der Waals surface area contributed by atoms with Gasteiger partial charge in [0.2, 0.25) is 5.09 Å². The zero-order valence-electron chi connectivity index (χ0n) is 10.7. The summed E-state index contributed by atoms with van der Waals surface area (Å²) in [7, 11) is -1.24. The van der Waals surface area contributed by atoms with E-state index in [0.29, 0.717) is 0 Å². The molecule has 0 saturated carbocycles. The predicted octanol–water partition coefficient (Wildman–Crippen LogP) is -0.114. The number of aliphatic hydroxyl groups excluding tert-OH is 1. The van der Waals surface area contributed by atoms with Crippen molar-refractivity contribution >= 4 is 15.9 Å². The van der Waals surface area contributed by atoms with Crippen LogP contribution in [0.4, 0.5) is 8.78 Å². The van der Waals surface area contributed by atoms with Crippen molar-refractivity contribution in [2.24, 2.45) is 0 Å². The van der Waals surface area contributed by atoms with Crippen LogP contribution in [0.1, 0.15) is 10.6 Å². The van der Waals surface area contributed by atoms with Gasteiger partial charge < -0.3 is 14.8 Å². The number of carbonyl (C=O) groups is 1. The van der Waals surface area contributed by atoms with Crippen LogP contribution in [0.15, 0.2) is 21.6 Å². The summed E-state index contributed by atoms with van der Waals surface area (Å²) in [6.07, 6.45) is -4.99. The molecule has 0 saturated heterocycles. The first kappa shape index (κ1) is 16.5. The number of hydrogen-bond acceptors (Lipinski definition) is 5. The predicted molar refractivity (Wildman–Crippen MR) is 63.9 cm³/mol. The fraction of sp³-hybridized carbons (Fsp3) is 0.500. The van der Waals surface area contributed by atoms with E-state index < -0.39 is 40.1 Å². The minimum Gasteiger partial charge on any atom is -0.438 e. The Labute approximate surface area is 114 Å². The van der Waals surface area contributed by atoms with Gasteiger partial charge in [-0.1, -0.05) is 0 Å². The Morgan fingerprint density at radius 1 is 1.45 bits per heavy atom. The maximum Gasteiger partial charge on any atom is 0.287 e. The second-order valence-electron chi connectivity index (χ2n) is 4.02. The average molecular weight is 312 g/mol. The number of hydrogen-bond donors (Lipinski definition) is 2. The van der Waals surface area contributed by atoms with Crippen LogP contribution in [0, 0.1) is 0 Å². The van der Waals surface area contributed by atoms with Gasteiger partial charge in [-0.2, -0.15) is 0 Å². The number of amides is 1. The van der Waals surface area contributed by atoms with Gasteiger partial charge in [-0.05, 0) is 12.1 Å². The SMILES string of the molecule is CN(C)S(=O)(=O)c1ccc(C(=O)NCC(O)C(F)F)o1. The van der Waals surface area contributed by atoms with Gasteiger partial charge in [-0.3, -0.25) is 4.79 Å². The monoisotopic (exact) mass is 312 g/mol. The maximum atomic E-state index is 12.0. The lowest BCUT2D eigenvalue weighted by molar-refractivity contribution is -0.00285. The number of carbonyl (C=O) groups excluding carboxylic acids is 1. The molecule has 0 spiro atoms. The minimum atomic E-state index is -3.82. The van der Waals surface area contributed by atoms with Crippen LogP contribution in [0.3, 0.4) is 0 Å². The number of halogens is 2. The Kier molecular flexibility index (Phi) is 5.20. The lowest BCUT2D eigenvalue weighted by Crippen LogP contribution is -2.35. The van der Waals surface area contributed by atoms with E-state index in [-0.39, 0.29) is 5.76 Å². The molecule has 0 aliphatic carbocycles. The topological polar surface area (TPSA) is 99.9 Å². The van der Waals surface area contributed by atoms with E-state index in [1.54, 1.807) is 0 Å². The van der Waals surface area contributed by atoms with Gasteiger partial charge >= 0.3 is 0 Å². The van der Waals surface area contributed by atoms with Gasteiger partial charge in [-0.15, -0.1) is 0 Å². The highest BCUT2D eigenvalue weighted by Crippen LogP contribution is 2.16. The summed E-state index contributed by atoms with van der Waals surface area (Å²) in [5.41, 5.74) is 0. The summed E-state index contributed by atoms with van der Waals surface area (Å²) in [6.45, 7) is -0.674. The van der Waals surface area contributed by atoms with E-state index >= 15 is 0 Å². The highest BCUT2D eigenvalue weighted by Gasteiger charge is 2.24. The van der Waals surface area contributed by atoms with Gasteiger partial charge in [0.1, 0.15) is 6.10 Å². The molecule has 0 fully saturated rings. The van der Waals surface area contributed by atoms with Crippen LogP contribution in [0.5, 0.6) is 0 Å². The fourth-order valence-corrected chi connectivity index (χ4v) is 1.93. The summed E-state index contributed by atoms with van der Waals surface area (Å²) < 4.78 is 53.2. The molecule has 20 heavy (non-hydrogen) atoms. The second-order valence-corrected chi connectivity index (χ2v) is 6.10. The zero-order valence-corrected chi connectivity index (χ0v) is 11.5. The van der Waals surface area contributed by atoms with E-state index in [4.69, 9.17) is 9.52 Å². The standard InChI is InChI=1S/C10H14F2N2O5S/c1-14(2)20(17,18)8-4-3-7(19-8)10(16)13-5-6(15)9(11)12/h3-4,6,9,15H,5H2,1-2H3,(H,13,16). The molecule has 0 aliphatic rings. The quantitative estimate of drug-likeness (QED) is 0.763. The summed E-state index contributed by atoms with van der Waals surface area (Å²) >= 11 is 0. The van der Waals surface area contributed by atoms with E-state index in [9.17, 15) is 22.0 Å². The average Bonchev–Trinajstić information content (AvgIpc) is 2.85. The van der Waals surface area contributed by atoms with Crippen molar-refractivity contribution in [3.63, 3.8) is 0 Å². The van der Waals surface area contributed by atoms with E-state index in [1.165, 1.54) is 14.1 Å². The minimum absolute atomic E-state index is 0.355. The highest BCUT2D eigenvalue weighted by atomic mass is 32.2. The summed E-state index contributed by atoms with van der Waals surface area (Å²) in [5.74, 6) is -1.25. The molecule has 7 nitrogen and oxygen atoms in total. The van der Waals surface area contributed by atoms with Crippen LogP contribution in [-0.2, 0) is 10.0 Å². The van der Waals surface area contributed by atoms with Crippen molar-refractivity contribution < 1.29 is 31.5 Å². The van der Waals surface area contributed by atoms with Crippen LogP contribution in [0.2, 0.25) is 0 Å². The molecule has 1 amide bonds. The second kappa shape index (κ2) is 6.29. The van der Waals surface area contributed by atoms with Crippen molar-refractivity contribution in [3.8, 4) is 0 Å². The summed E-state index contributed by atoms with van der Waals surface area (Å²) in [5, 5.41) is 10.4. The van der Waals surface area contributed by atoms with Crippen molar-refractivity contribution in [3.05, 3.63) is 17.9 Å². The van der Waals surface area contributed by atoms with Crippen LogP contribution >= 0.6 is 0 Å². The molecule has 1 unspecified atom stereocenters. The number of nitrogens with zero attached hydrogens (tertiary/aromatic N) is 1. The number of alkyl halides is 2. The molecule has 1 aromatic rings. The molecule has 2 N–H and O–H groups in total. The number of rotatable bonds is 6. The van der Waals surface area contributed by atoms with Crippen molar-refractivity contribution in [2.75, 3.05) is 20.6 Å². The molecule has 0 aromatic carbocycles. The van der Waals surface area contributed by atoms with E-state index in [0.717, 1.165) is 16.4 Å². The zero-order chi connectivity index (χ0) is 15.5. The van der Waals surface area contributed by atoms with Gasteiger partial charge in [0.05, 0.1) is 0 Å². The van der Waals surface area contributed by atoms with Crippen molar-refractivity contribution in [1.29, 1.82) is 0 Å². The maximum absolute atomic E-state index is 12.0. The largest absolute Gasteiger partial charge is 0.438 e. The van der Waals surface area contributed by atoms with E-state index in [1.807, 2.05) is 5.32 Å². The molecule has 1 rings (SSSR count). The number of nitrogens with one attached hydrogen (secondary N) is 1. The lowest BCUT2D eigenvalue weighted by atomic mass is 10.3. The van der Waals surface area contributed by atoms with Crippen molar-refractivity contribution in [2.45, 2.75) is 17.6 Å². The molecule has 0 radical (unpaired) electrons. The molecule has 114 valence electrons. The number of sulfonamides is 1. The Hall–Kier alpha value is -1.52. The first-order valence-corrected chi connectivity index (χ1v) is 6.87. The van der Waals surface area contributed by atoms with Gasteiger partial charge in [0, 0.05) is 20.6 Å². The first-order chi connectivity index (χ1) is 9.16. The Morgan fingerprint density at radius 2 is 2.05 bits per heavy atom. The molecule has 1 atom stereocenters. The summed E-state index contributed by atoms with van der Waals surface area (Å²) in [6, 6.07) is 2.17. The third-order valence-electron chi connectivity index (χ3n) is 2.30. The van der Waals surface area contributed by atoms with Crippen LogP contribution in [0.25, 0.3) is 0 Å². The van der Waals surface area contributed by atoms with Crippen molar-refractivity contribution in [1.82, 2.24) is 9.62 Å². The third-order valence-corrected chi connectivity index (χ3v) is 3.99. The number of aliphatic hydroxyl groups is 1. The van der Waals surface area contributed by atoms with Gasteiger partial charge in [0.25, 0.3) is 22.4 Å². The Balaban J connectivity index is 2.75. The van der Waals surface area contributed by atoms with Crippen LogP contribution in [-0.4, -0.2) is 56.9 Å². The van der Waals surface area contributed by atoms with Crippen LogP contribution < -0.4 is 5.32 Å². The molecule has 0 bridgehead atoms. The molecular formula is C10H14F2N2O5S. The smallest absolute Gasteiger partial charge is 0.287 e. The molecule has 10 heteroatoms. The molecule has 1 heterocycles. The first-order valence-electron chi connectivity index (χ1n) is 5.43. The summed E-state index contributed by atoms with van der Waals surface area (Å²) in [4.78, 5) is 11.5. The number of furan rings is 1. The fourth-order valence-electron chi connectivity index (χ4n) is 1.13. The van der Waals surface area contributed by atoms with E-state index in [2.05, 4.69) is 0 Å². The normalized spacial score (nSPS) is 13.8. The molecular weight excluding hydrogens is 298 g/mol. The molecule has 0 aliphatic heterocycles. The highest BCUT2D eigenvalue weighted by molar-refractivity contribution is 7.88. The third kappa shape index (κ3) is 3.74. The molecule has 1 aromatic heterocycles. The Bertz CT molecular complexity index is 570. The lowest BCUT2D eigenvalue weighted by Gasteiger charge is -2.10. The van der Waals surface area contributed by atoms with Gasteiger partial charge in [-0.25, -0.2) is 21.5 Å². The Morgan fingerprint density at radius 3 is 2.55 bits per heavy atom. The van der Waals surface area contributed by atoms with Gasteiger partial charge in [0.15, 0.2) is 5.76 Å².